The van der Waals surface area contributed by atoms with E-state index in [0.717, 1.165) is 31.4 Å². The van der Waals surface area contributed by atoms with Crippen LogP contribution in [0.1, 0.15) is 30.9 Å². The Labute approximate surface area is 151 Å². The van der Waals surface area contributed by atoms with Crippen molar-refractivity contribution in [1.82, 2.24) is 4.90 Å². The van der Waals surface area contributed by atoms with E-state index in [9.17, 15) is 15.0 Å². The molecule has 134 valence electrons. The first-order chi connectivity index (χ1) is 12.6. The van der Waals surface area contributed by atoms with Crippen LogP contribution in [0.15, 0.2) is 51.7 Å². The number of benzene rings is 2. The highest BCUT2D eigenvalue weighted by Crippen LogP contribution is 2.42. The molecule has 5 nitrogen and oxygen atoms in total. The van der Waals surface area contributed by atoms with Crippen molar-refractivity contribution in [3.63, 3.8) is 0 Å². The zero-order valence-corrected chi connectivity index (χ0v) is 14.6. The number of hydrogen-bond donors (Lipinski definition) is 2. The highest BCUT2D eigenvalue weighted by atomic mass is 16.3. The summed E-state index contributed by atoms with van der Waals surface area (Å²) in [5.41, 5.74) is 1.31. The molecule has 0 unspecified atom stereocenters. The Hall–Kier alpha value is -2.79. The molecule has 0 saturated carbocycles. The summed E-state index contributed by atoms with van der Waals surface area (Å²) in [6, 6.07) is 11.9. The summed E-state index contributed by atoms with van der Waals surface area (Å²) in [5, 5.41) is 20.9. The maximum atomic E-state index is 12.7. The molecule has 1 aromatic heterocycles. The Morgan fingerprint density at radius 1 is 1.08 bits per heavy atom. The van der Waals surface area contributed by atoms with Gasteiger partial charge in [-0.05, 0) is 26.4 Å². The number of hydrogen-bond acceptors (Lipinski definition) is 5. The van der Waals surface area contributed by atoms with Gasteiger partial charge < -0.3 is 14.6 Å². The maximum absolute atomic E-state index is 12.7. The van der Waals surface area contributed by atoms with Gasteiger partial charge in [0.1, 0.15) is 22.6 Å². The van der Waals surface area contributed by atoms with E-state index >= 15 is 0 Å². The zero-order valence-electron chi connectivity index (χ0n) is 14.6. The smallest absolute Gasteiger partial charge is 0.197 e. The summed E-state index contributed by atoms with van der Waals surface area (Å²) in [7, 11) is 2.00. The number of piperidine rings is 1. The first-order valence-electron chi connectivity index (χ1n) is 8.84. The second-order valence-electron chi connectivity index (χ2n) is 6.87. The van der Waals surface area contributed by atoms with Crippen LogP contribution < -0.4 is 5.43 Å². The Balaban J connectivity index is 2.02. The van der Waals surface area contributed by atoms with Gasteiger partial charge in [0.2, 0.25) is 0 Å². The number of phenols is 2. The maximum Gasteiger partial charge on any atom is 0.197 e. The molecule has 0 aliphatic carbocycles. The average Bonchev–Trinajstić information content (AvgIpc) is 2.63. The third-order valence-corrected chi connectivity index (χ3v) is 5.16. The molecule has 1 aliphatic heterocycles. The van der Waals surface area contributed by atoms with E-state index in [2.05, 4.69) is 4.90 Å². The largest absolute Gasteiger partial charge is 0.507 e. The minimum absolute atomic E-state index is 0.0397. The van der Waals surface area contributed by atoms with Crippen LogP contribution in [0.4, 0.5) is 0 Å². The quantitative estimate of drug-likeness (QED) is 0.729. The Bertz CT molecular complexity index is 1010. The molecule has 0 bridgehead atoms. The monoisotopic (exact) mass is 351 g/mol. The van der Waals surface area contributed by atoms with Crippen molar-refractivity contribution in [1.29, 1.82) is 0 Å². The summed E-state index contributed by atoms with van der Waals surface area (Å²) in [6.45, 7) is 0.912. The van der Waals surface area contributed by atoms with Crippen LogP contribution >= 0.6 is 0 Å². The normalized spacial score (nSPS) is 18.3. The lowest BCUT2D eigenvalue weighted by molar-refractivity contribution is 0.184. The predicted octanol–water partition coefficient (Wildman–Crippen LogP) is 4.03. The summed E-state index contributed by atoms with van der Waals surface area (Å²) in [6.07, 6.45) is 3.01. The molecule has 5 heteroatoms. The van der Waals surface area contributed by atoms with Crippen molar-refractivity contribution in [3.05, 3.63) is 58.3 Å². The van der Waals surface area contributed by atoms with Gasteiger partial charge in [0.05, 0.1) is 5.56 Å². The van der Waals surface area contributed by atoms with Crippen LogP contribution in [0.5, 0.6) is 11.5 Å². The topological polar surface area (TPSA) is 73.9 Å². The SMILES string of the molecule is CN1CCCC[C@@H]1c1c(O)cc(O)c2c(=O)cc(-c3ccccc3)oc12. The van der Waals surface area contributed by atoms with Gasteiger partial charge in [0, 0.05) is 23.7 Å². The van der Waals surface area contributed by atoms with E-state index in [1.807, 2.05) is 37.4 Å². The number of nitrogens with zero attached hydrogens (tertiary/aromatic N) is 1. The summed E-state index contributed by atoms with van der Waals surface area (Å²) >= 11 is 0. The molecule has 0 amide bonds. The first-order valence-corrected chi connectivity index (χ1v) is 8.84. The number of fused-ring (bicyclic) bond motifs is 1. The second kappa shape index (κ2) is 6.50. The van der Waals surface area contributed by atoms with Crippen molar-refractivity contribution in [3.8, 4) is 22.8 Å². The molecule has 1 fully saturated rings. The first kappa shape index (κ1) is 16.7. The number of aromatic hydroxyl groups is 2. The third kappa shape index (κ3) is 2.74. The van der Waals surface area contributed by atoms with Crippen LogP contribution in [0.25, 0.3) is 22.3 Å². The van der Waals surface area contributed by atoms with Crippen LogP contribution in [0.3, 0.4) is 0 Å². The Morgan fingerprint density at radius 2 is 1.85 bits per heavy atom. The summed E-state index contributed by atoms with van der Waals surface area (Å²) in [4.78, 5) is 14.9. The summed E-state index contributed by atoms with van der Waals surface area (Å²) in [5.74, 6) is 0.128. The van der Waals surface area contributed by atoms with Gasteiger partial charge in [0.15, 0.2) is 11.0 Å². The van der Waals surface area contributed by atoms with E-state index in [0.29, 0.717) is 11.3 Å². The van der Waals surface area contributed by atoms with Crippen LogP contribution in [0, 0.1) is 0 Å². The lowest BCUT2D eigenvalue weighted by Gasteiger charge is -2.33. The van der Waals surface area contributed by atoms with Gasteiger partial charge in [0.25, 0.3) is 0 Å². The fraction of sp³-hybridized carbons (Fsp3) is 0.286. The molecule has 1 saturated heterocycles. The molecule has 2 heterocycles. The van der Waals surface area contributed by atoms with Crippen molar-refractivity contribution >= 4 is 11.0 Å². The fourth-order valence-electron chi connectivity index (χ4n) is 3.83. The van der Waals surface area contributed by atoms with Gasteiger partial charge in [-0.1, -0.05) is 36.8 Å². The van der Waals surface area contributed by atoms with Gasteiger partial charge in [-0.15, -0.1) is 0 Å². The molecule has 2 aromatic carbocycles. The number of rotatable bonds is 2. The third-order valence-electron chi connectivity index (χ3n) is 5.16. The molecular weight excluding hydrogens is 330 g/mol. The van der Waals surface area contributed by atoms with E-state index in [4.69, 9.17) is 4.42 Å². The van der Waals surface area contributed by atoms with Crippen LogP contribution in [-0.2, 0) is 0 Å². The van der Waals surface area contributed by atoms with Crippen molar-refractivity contribution < 1.29 is 14.6 Å². The average molecular weight is 351 g/mol. The van der Waals surface area contributed by atoms with E-state index < -0.39 is 0 Å². The van der Waals surface area contributed by atoms with Crippen molar-refractivity contribution in [2.24, 2.45) is 0 Å². The molecular formula is C21H21NO4. The van der Waals surface area contributed by atoms with Gasteiger partial charge >= 0.3 is 0 Å². The van der Waals surface area contributed by atoms with E-state index in [1.165, 1.54) is 12.1 Å². The fourth-order valence-corrected chi connectivity index (χ4v) is 3.83. The van der Waals surface area contributed by atoms with Gasteiger partial charge in [-0.25, -0.2) is 0 Å². The molecule has 0 spiro atoms. The Kier molecular flexibility index (Phi) is 4.17. The molecule has 1 atom stereocenters. The Morgan fingerprint density at radius 3 is 2.58 bits per heavy atom. The molecule has 4 rings (SSSR count). The van der Waals surface area contributed by atoms with Crippen molar-refractivity contribution in [2.45, 2.75) is 25.3 Å². The molecule has 2 N–H and O–H groups in total. The molecule has 26 heavy (non-hydrogen) atoms. The summed E-state index contributed by atoms with van der Waals surface area (Å²) < 4.78 is 6.08. The van der Waals surface area contributed by atoms with E-state index in [1.54, 1.807) is 0 Å². The predicted molar refractivity (Wildman–Crippen MR) is 100 cm³/mol. The number of phenolic OH excluding ortho intramolecular Hbond substituents is 2. The van der Waals surface area contributed by atoms with Crippen LogP contribution in [-0.4, -0.2) is 28.7 Å². The highest BCUT2D eigenvalue weighted by molar-refractivity contribution is 5.89. The lowest BCUT2D eigenvalue weighted by atomic mass is 9.93. The zero-order chi connectivity index (χ0) is 18.3. The van der Waals surface area contributed by atoms with E-state index in [-0.39, 0.29) is 33.9 Å². The second-order valence-corrected chi connectivity index (χ2v) is 6.87. The minimum Gasteiger partial charge on any atom is -0.507 e. The van der Waals surface area contributed by atoms with Gasteiger partial charge in [-0.3, -0.25) is 9.69 Å². The lowest BCUT2D eigenvalue weighted by Crippen LogP contribution is -2.29. The van der Waals surface area contributed by atoms with Crippen molar-refractivity contribution in [2.75, 3.05) is 13.6 Å². The molecule has 1 aliphatic rings. The standard InChI is InChI=1S/C21H21NO4/c1-22-10-6-5-9-14(22)19-15(23)11-16(24)20-17(25)12-18(26-21(19)20)13-7-3-2-4-8-13/h2-4,7-8,11-12,14,23-24H,5-6,9-10H2,1H3/t14-/m1/s1. The van der Waals surface area contributed by atoms with Gasteiger partial charge in [-0.2, -0.15) is 0 Å². The number of likely N-dealkylation sites (tertiary alicyclic amines) is 1. The van der Waals surface area contributed by atoms with Crippen LogP contribution in [0.2, 0.25) is 0 Å². The minimum atomic E-state index is -0.317. The highest BCUT2D eigenvalue weighted by Gasteiger charge is 2.28. The molecule has 3 aromatic rings. The molecule has 0 radical (unpaired) electrons.